The summed E-state index contributed by atoms with van der Waals surface area (Å²) in [5, 5.41) is 2.37. The fraction of sp³-hybridized carbons (Fsp3) is 0.200. The summed E-state index contributed by atoms with van der Waals surface area (Å²) in [4.78, 5) is 51.8. The first-order chi connectivity index (χ1) is 13.7. The van der Waals surface area contributed by atoms with E-state index in [4.69, 9.17) is 0 Å². The van der Waals surface area contributed by atoms with Crippen molar-refractivity contribution >= 4 is 23.8 Å². The Morgan fingerprint density at radius 2 is 1.48 bits per heavy atom. The second-order valence-corrected chi connectivity index (χ2v) is 6.94. The van der Waals surface area contributed by atoms with Crippen LogP contribution in [-0.2, 0) is 10.3 Å². The molecule has 2 aliphatic heterocycles. The van der Waals surface area contributed by atoms with Gasteiger partial charge in [-0.15, -0.1) is 0 Å². The van der Waals surface area contributed by atoms with E-state index in [0.29, 0.717) is 0 Å². The van der Waals surface area contributed by atoms with Crippen molar-refractivity contribution in [1.82, 2.24) is 15.1 Å². The number of urea groups is 1. The fourth-order valence-electron chi connectivity index (χ4n) is 3.61. The van der Waals surface area contributed by atoms with E-state index in [1.165, 1.54) is 19.1 Å². The summed E-state index contributed by atoms with van der Waals surface area (Å²) in [7, 11) is 0. The maximum Gasteiger partial charge on any atom is 0.325 e. The number of rotatable bonds is 4. The van der Waals surface area contributed by atoms with Crippen LogP contribution in [0, 0.1) is 11.6 Å². The lowest BCUT2D eigenvalue weighted by molar-refractivity contribution is -0.131. The molecule has 2 aromatic rings. The third-order valence-electron chi connectivity index (χ3n) is 5.17. The molecule has 2 aromatic carbocycles. The van der Waals surface area contributed by atoms with Crippen LogP contribution in [0.3, 0.4) is 0 Å². The van der Waals surface area contributed by atoms with E-state index in [9.17, 15) is 28.0 Å². The number of imide groups is 2. The summed E-state index contributed by atoms with van der Waals surface area (Å²) in [6, 6.07) is 8.10. The van der Waals surface area contributed by atoms with E-state index < -0.39 is 40.9 Å². The molecule has 0 saturated carbocycles. The SMILES string of the molecule is C[C@@]1(c2cc(F)ccc2F)NC(=O)N(CCN2C(=O)c3ccccc3C2=O)C1=O. The molecule has 29 heavy (non-hydrogen) atoms. The third-order valence-corrected chi connectivity index (χ3v) is 5.17. The van der Waals surface area contributed by atoms with E-state index >= 15 is 0 Å². The molecule has 0 bridgehead atoms. The number of amides is 5. The second-order valence-electron chi connectivity index (χ2n) is 6.94. The number of hydrogen-bond acceptors (Lipinski definition) is 4. The van der Waals surface area contributed by atoms with Gasteiger partial charge < -0.3 is 5.32 Å². The summed E-state index contributed by atoms with van der Waals surface area (Å²) >= 11 is 0. The van der Waals surface area contributed by atoms with Gasteiger partial charge in [0, 0.05) is 18.7 Å². The molecule has 1 saturated heterocycles. The largest absolute Gasteiger partial charge is 0.325 e. The van der Waals surface area contributed by atoms with E-state index in [-0.39, 0.29) is 29.8 Å². The zero-order valence-corrected chi connectivity index (χ0v) is 15.2. The van der Waals surface area contributed by atoms with Crippen LogP contribution in [0.4, 0.5) is 13.6 Å². The van der Waals surface area contributed by atoms with E-state index in [0.717, 1.165) is 28.0 Å². The van der Waals surface area contributed by atoms with Crippen molar-refractivity contribution < 1.29 is 28.0 Å². The molecule has 1 fully saturated rings. The Kier molecular flexibility index (Phi) is 4.18. The number of fused-ring (bicyclic) bond motifs is 1. The molecule has 2 heterocycles. The highest BCUT2D eigenvalue weighted by Crippen LogP contribution is 2.31. The van der Waals surface area contributed by atoms with Gasteiger partial charge in [-0.25, -0.2) is 13.6 Å². The van der Waals surface area contributed by atoms with Crippen LogP contribution >= 0.6 is 0 Å². The van der Waals surface area contributed by atoms with Crippen molar-refractivity contribution in [2.75, 3.05) is 13.1 Å². The maximum atomic E-state index is 14.2. The van der Waals surface area contributed by atoms with Gasteiger partial charge in [0.2, 0.25) is 0 Å². The van der Waals surface area contributed by atoms with E-state index in [2.05, 4.69) is 5.32 Å². The number of carbonyl (C=O) groups excluding carboxylic acids is 4. The molecular formula is C20H15F2N3O4. The maximum absolute atomic E-state index is 14.2. The predicted molar refractivity (Wildman–Crippen MR) is 95.8 cm³/mol. The Balaban J connectivity index is 1.55. The van der Waals surface area contributed by atoms with Gasteiger partial charge in [0.15, 0.2) is 0 Å². The van der Waals surface area contributed by atoms with Gasteiger partial charge in [-0.1, -0.05) is 12.1 Å². The highest BCUT2D eigenvalue weighted by Gasteiger charge is 2.50. The van der Waals surface area contributed by atoms with Crippen molar-refractivity contribution in [3.63, 3.8) is 0 Å². The lowest BCUT2D eigenvalue weighted by Gasteiger charge is -2.23. The van der Waals surface area contributed by atoms with Crippen LogP contribution in [0.5, 0.6) is 0 Å². The van der Waals surface area contributed by atoms with Crippen LogP contribution in [0.2, 0.25) is 0 Å². The summed E-state index contributed by atoms with van der Waals surface area (Å²) in [5.74, 6) is -3.43. The van der Waals surface area contributed by atoms with Crippen LogP contribution < -0.4 is 5.32 Å². The van der Waals surface area contributed by atoms with Gasteiger partial charge in [0.05, 0.1) is 11.1 Å². The Morgan fingerprint density at radius 1 is 0.897 bits per heavy atom. The molecule has 0 radical (unpaired) electrons. The first-order valence-electron chi connectivity index (χ1n) is 8.79. The number of nitrogens with zero attached hydrogens (tertiary/aromatic N) is 2. The van der Waals surface area contributed by atoms with Gasteiger partial charge in [-0.05, 0) is 37.3 Å². The molecular weight excluding hydrogens is 384 g/mol. The smallest absolute Gasteiger partial charge is 0.319 e. The number of hydrogen-bond donors (Lipinski definition) is 1. The molecule has 1 N–H and O–H groups in total. The summed E-state index contributed by atoms with van der Waals surface area (Å²) in [6.45, 7) is 0.781. The summed E-state index contributed by atoms with van der Waals surface area (Å²) in [5.41, 5.74) is -1.60. The van der Waals surface area contributed by atoms with Crippen LogP contribution in [-0.4, -0.2) is 46.6 Å². The minimum absolute atomic E-state index is 0.215. The Morgan fingerprint density at radius 3 is 2.10 bits per heavy atom. The quantitative estimate of drug-likeness (QED) is 0.630. The molecule has 0 unspecified atom stereocenters. The minimum atomic E-state index is -1.80. The zero-order valence-electron chi connectivity index (χ0n) is 15.2. The third kappa shape index (κ3) is 2.77. The number of benzene rings is 2. The molecule has 0 aromatic heterocycles. The van der Waals surface area contributed by atoms with Crippen molar-refractivity contribution in [1.29, 1.82) is 0 Å². The Bertz CT molecular complexity index is 1050. The highest BCUT2D eigenvalue weighted by molar-refractivity contribution is 6.21. The van der Waals surface area contributed by atoms with Crippen molar-refractivity contribution in [3.05, 3.63) is 70.8 Å². The molecule has 1 atom stereocenters. The summed E-state index contributed by atoms with van der Waals surface area (Å²) in [6.07, 6.45) is 0. The van der Waals surface area contributed by atoms with Gasteiger partial charge in [-0.3, -0.25) is 24.2 Å². The van der Waals surface area contributed by atoms with E-state index in [1.54, 1.807) is 12.1 Å². The first kappa shape index (κ1) is 18.7. The van der Waals surface area contributed by atoms with E-state index in [1.807, 2.05) is 0 Å². The average Bonchev–Trinajstić information content (AvgIpc) is 3.07. The molecule has 5 amide bonds. The van der Waals surface area contributed by atoms with Crippen LogP contribution in [0.25, 0.3) is 0 Å². The normalized spacial score (nSPS) is 21.1. The average molecular weight is 399 g/mol. The number of nitrogens with one attached hydrogen (secondary N) is 1. The van der Waals surface area contributed by atoms with Crippen LogP contribution in [0.1, 0.15) is 33.2 Å². The van der Waals surface area contributed by atoms with Gasteiger partial charge >= 0.3 is 6.03 Å². The van der Waals surface area contributed by atoms with Gasteiger partial charge in [-0.2, -0.15) is 0 Å². The predicted octanol–water partition coefficient (Wildman–Crippen LogP) is 2.03. The minimum Gasteiger partial charge on any atom is -0.319 e. The summed E-state index contributed by atoms with van der Waals surface area (Å²) < 4.78 is 27.8. The van der Waals surface area contributed by atoms with Crippen molar-refractivity contribution in [2.24, 2.45) is 0 Å². The Labute approximate surface area is 163 Å². The molecule has 2 aliphatic rings. The lowest BCUT2D eigenvalue weighted by atomic mass is 9.91. The molecule has 148 valence electrons. The molecule has 0 spiro atoms. The van der Waals surface area contributed by atoms with Gasteiger partial charge in [0.1, 0.15) is 17.2 Å². The number of carbonyl (C=O) groups is 4. The van der Waals surface area contributed by atoms with Crippen molar-refractivity contribution in [2.45, 2.75) is 12.5 Å². The molecule has 7 nitrogen and oxygen atoms in total. The standard InChI is InChI=1S/C20H15F2N3O4/c1-20(14-10-11(21)6-7-15(14)22)18(28)25(19(29)23-20)9-8-24-16(26)12-4-2-3-5-13(12)17(24)27/h2-7,10H,8-9H2,1H3,(H,23,29)/t20-/m0/s1. The Hall–Kier alpha value is -3.62. The number of halogens is 2. The monoisotopic (exact) mass is 399 g/mol. The van der Waals surface area contributed by atoms with Crippen LogP contribution in [0.15, 0.2) is 42.5 Å². The topological polar surface area (TPSA) is 86.8 Å². The van der Waals surface area contributed by atoms with Gasteiger partial charge in [0.25, 0.3) is 17.7 Å². The molecule has 9 heteroatoms. The molecule has 0 aliphatic carbocycles. The lowest BCUT2D eigenvalue weighted by Crippen LogP contribution is -2.43. The zero-order chi connectivity index (χ0) is 20.9. The molecule has 4 rings (SSSR count). The second kappa shape index (κ2) is 6.47. The highest BCUT2D eigenvalue weighted by atomic mass is 19.1. The fourth-order valence-corrected chi connectivity index (χ4v) is 3.61. The van der Waals surface area contributed by atoms with Crippen molar-refractivity contribution in [3.8, 4) is 0 Å². The first-order valence-corrected chi connectivity index (χ1v) is 8.79.